The van der Waals surface area contributed by atoms with Crippen LogP contribution in [-0.2, 0) is 18.3 Å². The van der Waals surface area contributed by atoms with Gasteiger partial charge in [0.1, 0.15) is 0 Å². The van der Waals surface area contributed by atoms with Gasteiger partial charge in [0.2, 0.25) is 0 Å². The van der Waals surface area contributed by atoms with E-state index in [1.807, 2.05) is 13.8 Å². The monoisotopic (exact) mass is 320 g/mol. The van der Waals surface area contributed by atoms with Crippen LogP contribution in [0.15, 0.2) is 0 Å². The zero-order valence-electron chi connectivity index (χ0n) is 14.9. The van der Waals surface area contributed by atoms with Gasteiger partial charge in [-0.05, 0) is 37.8 Å². The summed E-state index contributed by atoms with van der Waals surface area (Å²) in [5, 5.41) is 0. The molecule has 0 N–H and O–H groups in total. The molecule has 0 atom stereocenters. The first kappa shape index (κ1) is 21.1. The summed E-state index contributed by atoms with van der Waals surface area (Å²) in [4.78, 5) is 0. The summed E-state index contributed by atoms with van der Waals surface area (Å²) in [6, 6.07) is 2.06. The van der Waals surface area contributed by atoms with Crippen molar-refractivity contribution in [3.05, 3.63) is 0 Å². The minimum absolute atomic E-state index is 0.578. The second-order valence-electron chi connectivity index (χ2n) is 6.20. The van der Waals surface area contributed by atoms with E-state index < -0.39 is 8.56 Å². The average molecular weight is 321 g/mol. The van der Waals surface area contributed by atoms with Crippen LogP contribution >= 0.6 is 0 Å². The highest BCUT2D eigenvalue weighted by Gasteiger charge is 2.39. The molecule has 0 amide bonds. The van der Waals surface area contributed by atoms with Crippen molar-refractivity contribution < 1.29 is 18.3 Å². The smallest absolute Gasteiger partial charge is 0.338 e. The first-order valence-corrected chi connectivity index (χ1v) is 10.6. The molecule has 0 radical (unpaired) electrons. The Morgan fingerprint density at radius 1 is 0.667 bits per heavy atom. The minimum Gasteiger partial charge on any atom is -0.392 e. The molecule has 0 aliphatic carbocycles. The Balaban J connectivity index is 4.59. The Morgan fingerprint density at radius 3 is 1.33 bits per heavy atom. The molecular formula is C16H36O4Si. The number of rotatable bonds is 14. The molecule has 0 unspecified atom stereocenters. The molecule has 5 heteroatoms. The molecule has 0 aromatic heterocycles. The predicted octanol–water partition coefficient (Wildman–Crippen LogP) is 3.85. The molecule has 0 spiro atoms. The van der Waals surface area contributed by atoms with Gasteiger partial charge in [-0.3, -0.25) is 0 Å². The van der Waals surface area contributed by atoms with Gasteiger partial charge in [0, 0.05) is 13.2 Å². The van der Waals surface area contributed by atoms with Crippen molar-refractivity contribution in [2.45, 2.75) is 53.6 Å². The summed E-state index contributed by atoms with van der Waals surface area (Å²) in [6.07, 6.45) is 0. The lowest BCUT2D eigenvalue weighted by molar-refractivity contribution is 0.0620. The van der Waals surface area contributed by atoms with Gasteiger partial charge in [0.05, 0.1) is 26.4 Å². The Hall–Kier alpha value is 0.0569. The van der Waals surface area contributed by atoms with E-state index in [-0.39, 0.29) is 0 Å². The van der Waals surface area contributed by atoms with Crippen LogP contribution in [0, 0.1) is 11.8 Å². The fourth-order valence-electron chi connectivity index (χ4n) is 2.47. The Kier molecular flexibility index (Phi) is 12.6. The van der Waals surface area contributed by atoms with Gasteiger partial charge in [-0.15, -0.1) is 0 Å². The average Bonchev–Trinajstić information content (AvgIpc) is 2.38. The zero-order chi connectivity index (χ0) is 16.1. The van der Waals surface area contributed by atoms with Crippen LogP contribution in [0.3, 0.4) is 0 Å². The fourth-order valence-corrected chi connectivity index (χ4v) is 6.59. The highest BCUT2D eigenvalue weighted by atomic mass is 28.4. The lowest BCUT2D eigenvalue weighted by atomic mass is 10.3. The van der Waals surface area contributed by atoms with Gasteiger partial charge in [-0.1, -0.05) is 27.7 Å². The molecule has 0 fully saturated rings. The molecule has 0 aromatic rings. The van der Waals surface area contributed by atoms with Gasteiger partial charge in [-0.2, -0.15) is 0 Å². The van der Waals surface area contributed by atoms with Crippen LogP contribution < -0.4 is 0 Å². The lowest BCUT2D eigenvalue weighted by Crippen LogP contribution is -2.46. The molecule has 21 heavy (non-hydrogen) atoms. The van der Waals surface area contributed by atoms with E-state index in [4.69, 9.17) is 18.3 Å². The maximum absolute atomic E-state index is 6.27. The van der Waals surface area contributed by atoms with Gasteiger partial charge >= 0.3 is 8.56 Å². The first-order valence-electron chi connectivity index (χ1n) is 8.39. The number of hydrogen-bond acceptors (Lipinski definition) is 4. The predicted molar refractivity (Wildman–Crippen MR) is 89.9 cm³/mol. The van der Waals surface area contributed by atoms with E-state index in [1.165, 1.54) is 0 Å². The number of ether oxygens (including phenoxy) is 2. The van der Waals surface area contributed by atoms with Crippen molar-refractivity contribution in [1.29, 1.82) is 0 Å². The van der Waals surface area contributed by atoms with E-state index in [9.17, 15) is 0 Å². The molecule has 0 saturated carbocycles. The summed E-state index contributed by atoms with van der Waals surface area (Å²) in [6.45, 7) is 17.0. The normalized spacial score (nSPS) is 12.6. The third-order valence-corrected chi connectivity index (χ3v) is 7.37. The maximum Gasteiger partial charge on any atom is 0.338 e. The SMILES string of the molecule is CCOCCO[Si](CC(C)C)(CC(C)C)OCCOCC. The van der Waals surface area contributed by atoms with Crippen molar-refractivity contribution >= 4 is 8.56 Å². The standard InChI is InChI=1S/C16H36O4Si/c1-7-17-9-11-19-21(13-15(3)4,14-16(5)6)20-12-10-18-8-2/h15-16H,7-14H2,1-6H3. The van der Waals surface area contributed by atoms with E-state index in [1.54, 1.807) is 0 Å². The second kappa shape index (κ2) is 12.6. The zero-order valence-corrected chi connectivity index (χ0v) is 15.9. The van der Waals surface area contributed by atoms with Crippen molar-refractivity contribution in [2.24, 2.45) is 11.8 Å². The van der Waals surface area contributed by atoms with Crippen LogP contribution in [0.5, 0.6) is 0 Å². The van der Waals surface area contributed by atoms with E-state index >= 15 is 0 Å². The molecule has 0 aliphatic rings. The third-order valence-electron chi connectivity index (χ3n) is 3.03. The van der Waals surface area contributed by atoms with Gasteiger partial charge in [0.25, 0.3) is 0 Å². The van der Waals surface area contributed by atoms with Crippen LogP contribution in [-0.4, -0.2) is 48.2 Å². The summed E-state index contributed by atoms with van der Waals surface area (Å²) in [5.74, 6) is 1.16. The summed E-state index contributed by atoms with van der Waals surface area (Å²) >= 11 is 0. The third kappa shape index (κ3) is 11.3. The van der Waals surface area contributed by atoms with E-state index in [0.717, 1.165) is 25.3 Å². The lowest BCUT2D eigenvalue weighted by Gasteiger charge is -2.33. The van der Waals surface area contributed by atoms with Crippen molar-refractivity contribution in [3.8, 4) is 0 Å². The van der Waals surface area contributed by atoms with Gasteiger partial charge < -0.3 is 18.3 Å². The maximum atomic E-state index is 6.27. The van der Waals surface area contributed by atoms with Crippen LogP contribution in [0.2, 0.25) is 12.1 Å². The molecule has 0 aliphatic heterocycles. The molecule has 0 rings (SSSR count). The molecule has 0 aromatic carbocycles. The fraction of sp³-hybridized carbons (Fsp3) is 1.00. The summed E-state index contributed by atoms with van der Waals surface area (Å²) < 4.78 is 23.3. The van der Waals surface area contributed by atoms with Gasteiger partial charge in [0.15, 0.2) is 0 Å². The molecule has 0 heterocycles. The highest BCUT2D eigenvalue weighted by Crippen LogP contribution is 2.27. The van der Waals surface area contributed by atoms with E-state index in [0.29, 0.717) is 38.3 Å². The number of hydrogen-bond donors (Lipinski definition) is 0. The minimum atomic E-state index is -2.18. The Bertz CT molecular complexity index is 210. The van der Waals surface area contributed by atoms with Gasteiger partial charge in [-0.25, -0.2) is 0 Å². The molecular weight excluding hydrogens is 284 g/mol. The van der Waals surface area contributed by atoms with Crippen molar-refractivity contribution in [2.75, 3.05) is 39.6 Å². The van der Waals surface area contributed by atoms with Crippen molar-refractivity contribution in [3.63, 3.8) is 0 Å². The Morgan fingerprint density at radius 2 is 1.05 bits per heavy atom. The topological polar surface area (TPSA) is 36.9 Å². The molecule has 0 saturated heterocycles. The summed E-state index contributed by atoms with van der Waals surface area (Å²) in [5.41, 5.74) is 0. The Labute approximate surface area is 132 Å². The van der Waals surface area contributed by atoms with Crippen molar-refractivity contribution in [1.82, 2.24) is 0 Å². The van der Waals surface area contributed by atoms with Crippen LogP contribution in [0.25, 0.3) is 0 Å². The molecule has 0 bridgehead atoms. The molecule has 4 nitrogen and oxygen atoms in total. The van der Waals surface area contributed by atoms with E-state index in [2.05, 4.69) is 27.7 Å². The first-order chi connectivity index (χ1) is 9.95. The van der Waals surface area contributed by atoms with Crippen LogP contribution in [0.4, 0.5) is 0 Å². The highest BCUT2D eigenvalue weighted by molar-refractivity contribution is 6.67. The second-order valence-corrected chi connectivity index (χ2v) is 9.41. The summed E-state index contributed by atoms with van der Waals surface area (Å²) in [7, 11) is -2.18. The largest absolute Gasteiger partial charge is 0.392 e. The van der Waals surface area contributed by atoms with Crippen LogP contribution in [0.1, 0.15) is 41.5 Å². The molecule has 128 valence electrons. The quantitative estimate of drug-likeness (QED) is 0.360.